The number of aryl methyl sites for hydroxylation is 2. The molecular weight excluding hydrogens is 345 g/mol. The molecule has 146 valence electrons. The molecule has 27 heavy (non-hydrogen) atoms. The maximum Gasteiger partial charge on any atom is 0.247 e. The van der Waals surface area contributed by atoms with Gasteiger partial charge in [-0.05, 0) is 63.4 Å². The summed E-state index contributed by atoms with van der Waals surface area (Å²) in [5.74, 6) is 0.807. The van der Waals surface area contributed by atoms with Gasteiger partial charge < -0.3 is 9.64 Å². The molecule has 0 radical (unpaired) electrons. The Labute approximate surface area is 160 Å². The molecule has 5 nitrogen and oxygen atoms in total. The molecule has 0 saturated carbocycles. The molecule has 2 heterocycles. The summed E-state index contributed by atoms with van der Waals surface area (Å²) in [6.45, 7) is 7.97. The lowest BCUT2D eigenvalue weighted by atomic mass is 9.98. The third-order valence-corrected chi connectivity index (χ3v) is 5.14. The van der Waals surface area contributed by atoms with Gasteiger partial charge in [-0.2, -0.15) is 5.10 Å². The van der Waals surface area contributed by atoms with E-state index >= 15 is 0 Å². The van der Waals surface area contributed by atoms with Gasteiger partial charge in [-0.15, -0.1) is 0 Å². The number of hydrogen-bond donors (Lipinski definition) is 0. The Hall–Kier alpha value is -2.37. The molecule has 0 spiro atoms. The molecule has 1 aliphatic heterocycles. The van der Waals surface area contributed by atoms with Crippen molar-refractivity contribution in [2.24, 2.45) is 5.92 Å². The minimum absolute atomic E-state index is 0.134. The van der Waals surface area contributed by atoms with Crippen molar-refractivity contribution in [3.8, 4) is 5.75 Å². The molecule has 0 aliphatic carbocycles. The topological polar surface area (TPSA) is 47.4 Å². The lowest BCUT2D eigenvalue weighted by molar-refractivity contribution is -0.137. The normalized spacial score (nSPS) is 18.4. The summed E-state index contributed by atoms with van der Waals surface area (Å²) in [6, 6.07) is 7.81. The molecule has 0 bridgehead atoms. The van der Waals surface area contributed by atoms with E-state index in [0.717, 1.165) is 30.8 Å². The van der Waals surface area contributed by atoms with Gasteiger partial charge >= 0.3 is 0 Å². The van der Waals surface area contributed by atoms with Gasteiger partial charge in [0.05, 0.1) is 12.3 Å². The molecule has 1 fully saturated rings. The smallest absolute Gasteiger partial charge is 0.247 e. The first-order chi connectivity index (χ1) is 13.0. The van der Waals surface area contributed by atoms with Crippen LogP contribution in [0.1, 0.15) is 43.6 Å². The number of amides is 1. The number of carbonyl (C=O) groups excluding carboxylic acids is 1. The largest absolute Gasteiger partial charge is 0.493 e. The monoisotopic (exact) mass is 373 g/mol. The van der Waals surface area contributed by atoms with E-state index in [0.29, 0.717) is 25.3 Å². The molecule has 0 unspecified atom stereocenters. The van der Waals surface area contributed by atoms with Gasteiger partial charge in [0.1, 0.15) is 17.6 Å². The van der Waals surface area contributed by atoms with Crippen molar-refractivity contribution in [3.63, 3.8) is 0 Å². The highest BCUT2D eigenvalue weighted by atomic mass is 19.1. The molecule has 0 N–H and O–H groups in total. The number of ether oxygens (including phenoxy) is 1. The van der Waals surface area contributed by atoms with Crippen LogP contribution in [0.3, 0.4) is 0 Å². The molecule has 2 atom stereocenters. The SMILES string of the molecule is CC[C@@H](C(=O)N1CCC[C@H](COc2ccc(F)cc2)C1)n1nc(C)cc1C. The van der Waals surface area contributed by atoms with Gasteiger partial charge in [-0.3, -0.25) is 9.48 Å². The van der Waals surface area contributed by atoms with Crippen LogP contribution in [-0.4, -0.2) is 40.3 Å². The van der Waals surface area contributed by atoms with Crippen LogP contribution in [-0.2, 0) is 4.79 Å². The van der Waals surface area contributed by atoms with Crippen molar-refractivity contribution >= 4 is 5.91 Å². The van der Waals surface area contributed by atoms with Crippen LogP contribution in [0, 0.1) is 25.6 Å². The Morgan fingerprint density at radius 2 is 2.07 bits per heavy atom. The summed E-state index contributed by atoms with van der Waals surface area (Å²) in [6.07, 6.45) is 2.71. The molecule has 3 rings (SSSR count). The number of carbonyl (C=O) groups is 1. The van der Waals surface area contributed by atoms with Gasteiger partial charge in [0.25, 0.3) is 0 Å². The second-order valence-electron chi connectivity index (χ2n) is 7.35. The van der Waals surface area contributed by atoms with Crippen molar-refractivity contribution in [2.45, 2.75) is 46.1 Å². The summed E-state index contributed by atoms with van der Waals surface area (Å²) in [5.41, 5.74) is 1.95. The maximum atomic E-state index is 13.1. The fraction of sp³-hybridized carbons (Fsp3) is 0.524. The molecule has 1 aromatic heterocycles. The number of aromatic nitrogens is 2. The van der Waals surface area contributed by atoms with E-state index in [4.69, 9.17) is 4.74 Å². The van der Waals surface area contributed by atoms with Crippen LogP contribution in [0.15, 0.2) is 30.3 Å². The average molecular weight is 373 g/mol. The summed E-state index contributed by atoms with van der Waals surface area (Å²) in [5, 5.41) is 4.51. The van der Waals surface area contributed by atoms with E-state index in [9.17, 15) is 9.18 Å². The zero-order valence-corrected chi connectivity index (χ0v) is 16.3. The van der Waals surface area contributed by atoms with Crippen LogP contribution in [0.5, 0.6) is 5.75 Å². The first-order valence-corrected chi connectivity index (χ1v) is 9.67. The molecule has 6 heteroatoms. The lowest BCUT2D eigenvalue weighted by Gasteiger charge is -2.35. The zero-order valence-electron chi connectivity index (χ0n) is 16.3. The number of benzene rings is 1. The molecule has 2 aromatic rings. The minimum Gasteiger partial charge on any atom is -0.493 e. The van der Waals surface area contributed by atoms with Gasteiger partial charge in [-0.25, -0.2) is 4.39 Å². The molecule has 1 aliphatic rings. The fourth-order valence-electron chi connectivity index (χ4n) is 3.77. The van der Waals surface area contributed by atoms with Gasteiger partial charge in [0, 0.05) is 24.7 Å². The quantitative estimate of drug-likeness (QED) is 0.771. The van der Waals surface area contributed by atoms with Crippen LogP contribution in [0.2, 0.25) is 0 Å². The summed E-state index contributed by atoms with van der Waals surface area (Å²) in [4.78, 5) is 15.1. The standard InChI is InChI=1S/C21H28FN3O2/c1-4-20(25-16(3)12-15(2)23-25)21(26)24-11-5-6-17(13-24)14-27-19-9-7-18(22)8-10-19/h7-10,12,17,20H,4-6,11,13-14H2,1-3H3/t17-,20-/m0/s1. The lowest BCUT2D eigenvalue weighted by Crippen LogP contribution is -2.45. The van der Waals surface area contributed by atoms with E-state index in [1.165, 1.54) is 12.1 Å². The van der Waals surface area contributed by atoms with Crippen LogP contribution in [0.4, 0.5) is 4.39 Å². The average Bonchev–Trinajstić information content (AvgIpc) is 3.00. The van der Waals surface area contributed by atoms with Crippen molar-refractivity contribution in [3.05, 3.63) is 47.5 Å². The Balaban J connectivity index is 1.61. The fourth-order valence-corrected chi connectivity index (χ4v) is 3.77. The first-order valence-electron chi connectivity index (χ1n) is 9.67. The second kappa shape index (κ2) is 8.55. The van der Waals surface area contributed by atoms with Gasteiger partial charge in [-0.1, -0.05) is 6.92 Å². The van der Waals surface area contributed by atoms with Crippen molar-refractivity contribution in [2.75, 3.05) is 19.7 Å². The molecular formula is C21H28FN3O2. The van der Waals surface area contributed by atoms with Crippen LogP contribution >= 0.6 is 0 Å². The third kappa shape index (κ3) is 4.67. The highest BCUT2D eigenvalue weighted by Crippen LogP contribution is 2.24. The Kier molecular flexibility index (Phi) is 6.14. The van der Waals surface area contributed by atoms with Gasteiger partial charge in [0.2, 0.25) is 5.91 Å². The molecule has 1 aromatic carbocycles. The van der Waals surface area contributed by atoms with Crippen LogP contribution < -0.4 is 4.74 Å². The number of halogens is 1. The van der Waals surface area contributed by atoms with E-state index in [1.807, 2.05) is 36.4 Å². The first kappa shape index (κ1) is 19.4. The summed E-state index contributed by atoms with van der Waals surface area (Å²) in [7, 11) is 0. The Morgan fingerprint density at radius 3 is 2.70 bits per heavy atom. The van der Waals surface area contributed by atoms with E-state index < -0.39 is 0 Å². The Bertz CT molecular complexity index is 772. The van der Waals surface area contributed by atoms with Crippen molar-refractivity contribution < 1.29 is 13.9 Å². The number of nitrogens with zero attached hydrogens (tertiary/aromatic N) is 3. The van der Waals surface area contributed by atoms with Crippen molar-refractivity contribution in [1.29, 1.82) is 0 Å². The summed E-state index contributed by atoms with van der Waals surface area (Å²) >= 11 is 0. The minimum atomic E-state index is -0.272. The zero-order chi connectivity index (χ0) is 19.4. The predicted octanol–water partition coefficient (Wildman–Crippen LogP) is 3.91. The predicted molar refractivity (Wildman–Crippen MR) is 102 cm³/mol. The number of likely N-dealkylation sites (tertiary alicyclic amines) is 1. The molecule has 1 saturated heterocycles. The number of piperidine rings is 1. The molecule has 1 amide bonds. The third-order valence-electron chi connectivity index (χ3n) is 5.14. The number of rotatable bonds is 6. The van der Waals surface area contributed by atoms with E-state index in [-0.39, 0.29) is 23.7 Å². The van der Waals surface area contributed by atoms with Gasteiger partial charge in [0.15, 0.2) is 0 Å². The second-order valence-corrected chi connectivity index (χ2v) is 7.35. The van der Waals surface area contributed by atoms with E-state index in [2.05, 4.69) is 5.10 Å². The highest BCUT2D eigenvalue weighted by molar-refractivity contribution is 5.80. The highest BCUT2D eigenvalue weighted by Gasteiger charge is 2.30. The maximum absolute atomic E-state index is 13.1. The van der Waals surface area contributed by atoms with E-state index in [1.54, 1.807) is 12.1 Å². The van der Waals surface area contributed by atoms with Crippen molar-refractivity contribution in [1.82, 2.24) is 14.7 Å². The number of hydrogen-bond acceptors (Lipinski definition) is 3. The Morgan fingerprint density at radius 1 is 1.33 bits per heavy atom. The van der Waals surface area contributed by atoms with Crippen LogP contribution in [0.25, 0.3) is 0 Å². The summed E-state index contributed by atoms with van der Waals surface area (Å²) < 4.78 is 20.7.